The van der Waals surface area contributed by atoms with Crippen molar-refractivity contribution in [3.05, 3.63) is 83.8 Å². The zero-order valence-electron chi connectivity index (χ0n) is 15.8. The molecule has 1 atom stereocenters. The second kappa shape index (κ2) is 7.32. The van der Waals surface area contributed by atoms with Crippen LogP contribution in [0.15, 0.2) is 78.2 Å². The average molecular weight is 398 g/mol. The third-order valence-corrected chi connectivity index (χ3v) is 5.06. The first kappa shape index (κ1) is 17.9. The zero-order valence-corrected chi connectivity index (χ0v) is 15.8. The van der Waals surface area contributed by atoms with E-state index < -0.39 is 0 Å². The molecule has 8 nitrogen and oxygen atoms in total. The lowest BCUT2D eigenvalue weighted by Gasteiger charge is -2.20. The van der Waals surface area contributed by atoms with Gasteiger partial charge in [-0.2, -0.15) is 0 Å². The van der Waals surface area contributed by atoms with E-state index in [2.05, 4.69) is 42.7 Å². The van der Waals surface area contributed by atoms with E-state index in [0.29, 0.717) is 28.1 Å². The molecule has 148 valence electrons. The number of nitrogens with one attached hydrogen (secondary N) is 4. The van der Waals surface area contributed by atoms with Crippen LogP contribution < -0.4 is 10.6 Å². The van der Waals surface area contributed by atoms with Crippen LogP contribution in [0.1, 0.15) is 16.8 Å². The molecule has 0 fully saturated rings. The van der Waals surface area contributed by atoms with Gasteiger partial charge in [0.1, 0.15) is 5.52 Å². The minimum absolute atomic E-state index is 0.216. The van der Waals surface area contributed by atoms with E-state index in [9.17, 15) is 9.59 Å². The summed E-state index contributed by atoms with van der Waals surface area (Å²) >= 11 is 0. The summed E-state index contributed by atoms with van der Waals surface area (Å²) in [4.78, 5) is 39.6. The minimum Gasteiger partial charge on any atom is -0.331 e. The number of hydrogen-bond donors (Lipinski definition) is 4. The van der Waals surface area contributed by atoms with Gasteiger partial charge in [0, 0.05) is 23.9 Å². The SMILES string of the molecule is O=C(Nc1nc2c(C(=O)Nc3ncc[nH]3)cccc2[nH]1)C1=CC2CC=CC=C2C=C1. The number of rotatable bonds is 4. The van der Waals surface area contributed by atoms with Crippen molar-refractivity contribution in [2.24, 2.45) is 5.92 Å². The van der Waals surface area contributed by atoms with E-state index in [1.165, 1.54) is 5.57 Å². The molecule has 3 aromatic rings. The second-order valence-corrected chi connectivity index (χ2v) is 7.03. The van der Waals surface area contributed by atoms with Crippen LogP contribution in [0.5, 0.6) is 0 Å². The number of anilines is 2. The second-order valence-electron chi connectivity index (χ2n) is 7.03. The Hall–Kier alpha value is -4.20. The van der Waals surface area contributed by atoms with Crippen LogP contribution in [0.25, 0.3) is 11.0 Å². The Labute approximate surface area is 171 Å². The predicted octanol–water partition coefficient (Wildman–Crippen LogP) is 3.48. The fourth-order valence-corrected chi connectivity index (χ4v) is 3.58. The molecular weight excluding hydrogens is 380 g/mol. The number of carbonyl (C=O) groups excluding carboxylic acids is 2. The topological polar surface area (TPSA) is 116 Å². The van der Waals surface area contributed by atoms with Gasteiger partial charge in [-0.25, -0.2) is 9.97 Å². The molecule has 0 bridgehead atoms. The van der Waals surface area contributed by atoms with E-state index >= 15 is 0 Å². The minimum atomic E-state index is -0.345. The third-order valence-electron chi connectivity index (χ3n) is 5.06. The van der Waals surface area contributed by atoms with Crippen molar-refractivity contribution >= 4 is 34.7 Å². The van der Waals surface area contributed by atoms with Crippen molar-refractivity contribution in [3.8, 4) is 0 Å². The number of aromatic amines is 2. The summed E-state index contributed by atoms with van der Waals surface area (Å²) in [5.74, 6) is 0.256. The normalized spacial score (nSPS) is 17.3. The summed E-state index contributed by atoms with van der Waals surface area (Å²) in [6, 6.07) is 5.22. The molecule has 0 saturated heterocycles. The average Bonchev–Trinajstić information content (AvgIpc) is 3.42. The third kappa shape index (κ3) is 3.35. The molecule has 8 heteroatoms. The zero-order chi connectivity index (χ0) is 20.5. The van der Waals surface area contributed by atoms with Crippen LogP contribution in [0.4, 0.5) is 11.9 Å². The van der Waals surface area contributed by atoms with Gasteiger partial charge in [0.25, 0.3) is 11.8 Å². The first-order valence-corrected chi connectivity index (χ1v) is 9.55. The molecule has 2 aliphatic carbocycles. The molecule has 1 aromatic carbocycles. The highest BCUT2D eigenvalue weighted by Crippen LogP contribution is 2.29. The number of hydrogen-bond acceptors (Lipinski definition) is 4. The van der Waals surface area contributed by atoms with E-state index in [0.717, 1.165) is 6.42 Å². The number of H-pyrrole nitrogens is 2. The first-order valence-electron chi connectivity index (χ1n) is 9.55. The molecule has 1 unspecified atom stereocenters. The van der Waals surface area contributed by atoms with Gasteiger partial charge in [-0.15, -0.1) is 0 Å². The van der Waals surface area contributed by atoms with Gasteiger partial charge in [0.15, 0.2) is 0 Å². The van der Waals surface area contributed by atoms with Crippen molar-refractivity contribution in [1.29, 1.82) is 0 Å². The highest BCUT2D eigenvalue weighted by molar-refractivity contribution is 6.12. The van der Waals surface area contributed by atoms with Gasteiger partial charge >= 0.3 is 0 Å². The van der Waals surface area contributed by atoms with Crippen LogP contribution in [0.2, 0.25) is 0 Å². The predicted molar refractivity (Wildman–Crippen MR) is 114 cm³/mol. The molecule has 0 saturated carbocycles. The number of aromatic nitrogens is 4. The molecule has 4 N–H and O–H groups in total. The summed E-state index contributed by atoms with van der Waals surface area (Å²) in [7, 11) is 0. The van der Waals surface area contributed by atoms with Crippen LogP contribution in [-0.4, -0.2) is 31.8 Å². The van der Waals surface area contributed by atoms with Crippen LogP contribution in [0, 0.1) is 5.92 Å². The van der Waals surface area contributed by atoms with Gasteiger partial charge in [-0.05, 0) is 30.2 Å². The number of amides is 2. The number of allylic oxidation sites excluding steroid dienone is 6. The lowest BCUT2D eigenvalue weighted by molar-refractivity contribution is -0.112. The van der Waals surface area contributed by atoms with Gasteiger partial charge in [-0.1, -0.05) is 36.4 Å². The number of imidazole rings is 2. The Balaban J connectivity index is 1.37. The maximum atomic E-state index is 12.7. The Bertz CT molecular complexity index is 1260. The smallest absolute Gasteiger partial charge is 0.260 e. The Morgan fingerprint density at radius 1 is 1.10 bits per heavy atom. The highest BCUT2D eigenvalue weighted by atomic mass is 16.2. The number of para-hydroxylation sites is 1. The molecular formula is C22H18N6O2. The Morgan fingerprint density at radius 2 is 2.00 bits per heavy atom. The maximum absolute atomic E-state index is 12.7. The largest absolute Gasteiger partial charge is 0.331 e. The van der Waals surface area contributed by atoms with Crippen LogP contribution in [0.3, 0.4) is 0 Å². The molecule has 0 aliphatic heterocycles. The number of benzene rings is 1. The van der Waals surface area contributed by atoms with Gasteiger partial charge in [0.05, 0.1) is 11.1 Å². The lowest BCUT2D eigenvalue weighted by Crippen LogP contribution is -2.18. The monoisotopic (exact) mass is 398 g/mol. The van der Waals surface area contributed by atoms with Crippen LogP contribution >= 0.6 is 0 Å². The fraction of sp³-hybridized carbons (Fsp3) is 0.0909. The Morgan fingerprint density at radius 3 is 2.87 bits per heavy atom. The van der Waals surface area contributed by atoms with Crippen LogP contribution in [-0.2, 0) is 4.79 Å². The fourth-order valence-electron chi connectivity index (χ4n) is 3.58. The summed E-state index contributed by atoms with van der Waals surface area (Å²) < 4.78 is 0. The van der Waals surface area contributed by atoms with Crippen molar-refractivity contribution in [1.82, 2.24) is 19.9 Å². The van der Waals surface area contributed by atoms with Crippen molar-refractivity contribution in [2.45, 2.75) is 6.42 Å². The summed E-state index contributed by atoms with van der Waals surface area (Å²) in [6.45, 7) is 0. The van der Waals surface area contributed by atoms with E-state index in [1.54, 1.807) is 30.6 Å². The molecule has 2 aromatic heterocycles. The molecule has 0 radical (unpaired) electrons. The Kier molecular flexibility index (Phi) is 4.36. The van der Waals surface area contributed by atoms with Crippen molar-refractivity contribution < 1.29 is 9.59 Å². The number of fused-ring (bicyclic) bond motifs is 2. The molecule has 2 aliphatic rings. The number of nitrogens with zero attached hydrogens (tertiary/aromatic N) is 2. The van der Waals surface area contributed by atoms with Gasteiger partial charge < -0.3 is 9.97 Å². The van der Waals surface area contributed by atoms with Crippen molar-refractivity contribution in [3.63, 3.8) is 0 Å². The van der Waals surface area contributed by atoms with Gasteiger partial charge in [-0.3, -0.25) is 20.2 Å². The highest BCUT2D eigenvalue weighted by Gasteiger charge is 2.20. The van der Waals surface area contributed by atoms with Gasteiger partial charge in [0.2, 0.25) is 11.9 Å². The molecule has 2 amide bonds. The van der Waals surface area contributed by atoms with E-state index in [1.807, 2.05) is 24.3 Å². The molecule has 5 rings (SSSR count). The molecule has 30 heavy (non-hydrogen) atoms. The number of carbonyl (C=O) groups is 2. The van der Waals surface area contributed by atoms with E-state index in [4.69, 9.17) is 0 Å². The van der Waals surface area contributed by atoms with E-state index in [-0.39, 0.29) is 23.7 Å². The lowest BCUT2D eigenvalue weighted by atomic mass is 9.85. The summed E-state index contributed by atoms with van der Waals surface area (Å²) in [5, 5.41) is 5.48. The standard InChI is InChI=1S/C22H18N6O2/c29-19(15-9-8-13-4-1-2-5-14(13)12-15)27-22-25-17-7-3-6-16(18(17)26-22)20(30)28-21-23-10-11-24-21/h1-4,6-12,14H,5H2,(H2,23,24,28,30)(H2,25,26,27,29). The maximum Gasteiger partial charge on any atom is 0.260 e. The molecule has 2 heterocycles. The summed E-state index contributed by atoms with van der Waals surface area (Å²) in [5.41, 5.74) is 3.27. The quantitative estimate of drug-likeness (QED) is 0.538. The van der Waals surface area contributed by atoms with Crippen molar-refractivity contribution in [2.75, 3.05) is 10.6 Å². The first-order chi connectivity index (χ1) is 14.7. The summed E-state index contributed by atoms with van der Waals surface area (Å²) in [6.07, 6.45) is 16.0. The molecule has 0 spiro atoms.